The fraction of sp³-hybridized carbons (Fsp3) is 0.368. The van der Waals surface area contributed by atoms with Crippen molar-refractivity contribution in [3.05, 3.63) is 35.5 Å². The number of carbonyl (C=O) groups is 4. The van der Waals surface area contributed by atoms with Gasteiger partial charge >= 0.3 is 5.97 Å². The minimum atomic E-state index is -1.62. The number of carboxylic acid groups (broad SMARTS) is 1. The summed E-state index contributed by atoms with van der Waals surface area (Å²) in [5.41, 5.74) is 7.48. The predicted molar refractivity (Wildman–Crippen MR) is 97.3 cm³/mol. The van der Waals surface area contributed by atoms with Crippen molar-refractivity contribution < 1.29 is 24.3 Å². The third-order valence-corrected chi connectivity index (χ3v) is 5.17. The number of aromatic nitrogens is 1. The highest BCUT2D eigenvalue weighted by atomic mass is 16.4. The van der Waals surface area contributed by atoms with Gasteiger partial charge in [-0.2, -0.15) is 0 Å². The lowest BCUT2D eigenvalue weighted by Gasteiger charge is -2.26. The first-order valence-corrected chi connectivity index (χ1v) is 8.72. The van der Waals surface area contributed by atoms with Crippen molar-refractivity contribution in [2.45, 2.75) is 31.8 Å². The SMILES string of the molecule is Cc1c(C(=O)N2CCC[C@H]2C(=O)[C@H](C=O)C(N)C(=O)O)[nH]c2ccccc12. The average Bonchev–Trinajstić information content (AvgIpc) is 3.27. The number of rotatable bonds is 6. The molecule has 2 heterocycles. The average molecular weight is 371 g/mol. The van der Waals surface area contributed by atoms with Crippen molar-refractivity contribution in [1.29, 1.82) is 0 Å². The first-order chi connectivity index (χ1) is 12.9. The molecule has 4 N–H and O–H groups in total. The van der Waals surface area contributed by atoms with Crippen LogP contribution in [0.15, 0.2) is 24.3 Å². The summed E-state index contributed by atoms with van der Waals surface area (Å²) in [6, 6.07) is 5.02. The zero-order valence-corrected chi connectivity index (χ0v) is 14.8. The number of nitrogens with zero attached hydrogens (tertiary/aromatic N) is 1. The van der Waals surface area contributed by atoms with E-state index in [-0.39, 0.29) is 12.2 Å². The Labute approximate surface area is 155 Å². The minimum absolute atomic E-state index is 0.260. The molecule has 0 saturated carbocycles. The van der Waals surface area contributed by atoms with E-state index in [0.29, 0.717) is 25.1 Å². The summed E-state index contributed by atoms with van der Waals surface area (Å²) in [4.78, 5) is 52.7. The summed E-state index contributed by atoms with van der Waals surface area (Å²) in [6.45, 7) is 2.19. The van der Waals surface area contributed by atoms with Gasteiger partial charge in [0.25, 0.3) is 5.91 Å². The second kappa shape index (κ2) is 7.32. The zero-order valence-electron chi connectivity index (χ0n) is 14.8. The maximum atomic E-state index is 13.1. The smallest absolute Gasteiger partial charge is 0.321 e. The van der Waals surface area contributed by atoms with Crippen LogP contribution in [0.5, 0.6) is 0 Å². The molecule has 3 atom stereocenters. The van der Waals surface area contributed by atoms with E-state index >= 15 is 0 Å². The number of para-hydroxylation sites is 1. The van der Waals surface area contributed by atoms with E-state index in [4.69, 9.17) is 10.8 Å². The molecule has 1 amide bonds. The Kier molecular flexibility index (Phi) is 5.09. The topological polar surface area (TPSA) is 134 Å². The number of aldehydes is 1. The van der Waals surface area contributed by atoms with Gasteiger partial charge in [-0.15, -0.1) is 0 Å². The Bertz CT molecular complexity index is 919. The molecule has 8 heteroatoms. The molecule has 1 aromatic carbocycles. The van der Waals surface area contributed by atoms with Crippen LogP contribution in [0.25, 0.3) is 10.9 Å². The van der Waals surface area contributed by atoms with E-state index in [1.807, 2.05) is 31.2 Å². The quantitative estimate of drug-likeness (QED) is 0.510. The third kappa shape index (κ3) is 3.23. The second-order valence-electron chi connectivity index (χ2n) is 6.76. The summed E-state index contributed by atoms with van der Waals surface area (Å²) in [6.07, 6.45) is 1.23. The summed E-state index contributed by atoms with van der Waals surface area (Å²) in [5.74, 6) is -3.87. The van der Waals surface area contributed by atoms with Gasteiger partial charge in [0, 0.05) is 17.4 Å². The minimum Gasteiger partial charge on any atom is -0.480 e. The number of hydrogen-bond donors (Lipinski definition) is 3. The monoisotopic (exact) mass is 371 g/mol. The zero-order chi connectivity index (χ0) is 19.7. The Morgan fingerprint density at radius 3 is 2.67 bits per heavy atom. The van der Waals surface area contributed by atoms with Gasteiger partial charge < -0.3 is 25.5 Å². The Balaban J connectivity index is 1.90. The molecule has 142 valence electrons. The Hall–Kier alpha value is -3.00. The van der Waals surface area contributed by atoms with Crippen LogP contribution < -0.4 is 5.73 Å². The number of amides is 1. The molecule has 2 aromatic rings. The highest BCUT2D eigenvalue weighted by molar-refractivity contribution is 6.06. The molecule has 3 rings (SSSR count). The number of aryl methyl sites for hydroxylation is 1. The molecular weight excluding hydrogens is 350 g/mol. The lowest BCUT2D eigenvalue weighted by atomic mass is 9.91. The number of aliphatic carboxylic acids is 1. The molecule has 1 unspecified atom stereocenters. The molecule has 1 aromatic heterocycles. The number of carboxylic acids is 1. The number of ketones is 1. The first kappa shape index (κ1) is 18.8. The number of fused-ring (bicyclic) bond motifs is 1. The third-order valence-electron chi connectivity index (χ3n) is 5.17. The first-order valence-electron chi connectivity index (χ1n) is 8.72. The number of nitrogens with one attached hydrogen (secondary N) is 1. The van der Waals surface area contributed by atoms with Crippen molar-refractivity contribution in [2.24, 2.45) is 11.7 Å². The van der Waals surface area contributed by atoms with Crippen LogP contribution in [-0.4, -0.2) is 57.6 Å². The molecule has 0 bridgehead atoms. The van der Waals surface area contributed by atoms with Crippen molar-refractivity contribution in [3.8, 4) is 0 Å². The highest BCUT2D eigenvalue weighted by Gasteiger charge is 2.41. The molecule has 27 heavy (non-hydrogen) atoms. The maximum absolute atomic E-state index is 13.1. The molecule has 1 aliphatic rings. The molecule has 1 fully saturated rings. The van der Waals surface area contributed by atoms with Gasteiger partial charge in [0.15, 0.2) is 5.78 Å². The van der Waals surface area contributed by atoms with Crippen LogP contribution in [0.2, 0.25) is 0 Å². The van der Waals surface area contributed by atoms with Gasteiger partial charge in [0.05, 0.1) is 6.04 Å². The Morgan fingerprint density at radius 1 is 1.33 bits per heavy atom. The van der Waals surface area contributed by atoms with Crippen molar-refractivity contribution in [2.75, 3.05) is 6.54 Å². The van der Waals surface area contributed by atoms with Crippen LogP contribution in [0.3, 0.4) is 0 Å². The summed E-state index contributed by atoms with van der Waals surface area (Å²) >= 11 is 0. The van der Waals surface area contributed by atoms with Crippen LogP contribution in [-0.2, 0) is 14.4 Å². The van der Waals surface area contributed by atoms with E-state index in [9.17, 15) is 19.2 Å². The van der Waals surface area contributed by atoms with Gasteiger partial charge in [-0.05, 0) is 31.4 Å². The molecule has 0 spiro atoms. The van der Waals surface area contributed by atoms with Crippen LogP contribution in [0.1, 0.15) is 28.9 Å². The predicted octanol–water partition coefficient (Wildman–Crippen LogP) is 0.877. The van der Waals surface area contributed by atoms with E-state index < -0.39 is 29.8 Å². The molecule has 8 nitrogen and oxygen atoms in total. The Morgan fingerprint density at radius 2 is 2.04 bits per heavy atom. The number of benzene rings is 1. The van der Waals surface area contributed by atoms with Gasteiger partial charge in [-0.3, -0.25) is 14.4 Å². The van der Waals surface area contributed by atoms with Crippen LogP contribution >= 0.6 is 0 Å². The van der Waals surface area contributed by atoms with Gasteiger partial charge in [0.1, 0.15) is 23.9 Å². The molecular formula is C19H21N3O5. The lowest BCUT2D eigenvalue weighted by Crippen LogP contribution is -2.50. The van der Waals surface area contributed by atoms with E-state index in [1.165, 1.54) is 4.90 Å². The van der Waals surface area contributed by atoms with Crippen molar-refractivity contribution >= 4 is 34.8 Å². The fourth-order valence-corrected chi connectivity index (χ4v) is 3.65. The molecule has 1 saturated heterocycles. The summed E-state index contributed by atoms with van der Waals surface area (Å²) in [5, 5.41) is 9.94. The van der Waals surface area contributed by atoms with E-state index in [2.05, 4.69) is 4.98 Å². The number of nitrogens with two attached hydrogens (primary N) is 1. The number of Topliss-reactive ketones (excluding diaryl/α,β-unsaturated/α-hetero) is 1. The van der Waals surface area contributed by atoms with E-state index in [0.717, 1.165) is 16.5 Å². The summed E-state index contributed by atoms with van der Waals surface area (Å²) in [7, 11) is 0. The molecule has 1 aliphatic heterocycles. The number of carbonyl (C=O) groups excluding carboxylic acids is 3. The van der Waals surface area contributed by atoms with Crippen LogP contribution in [0, 0.1) is 12.8 Å². The van der Waals surface area contributed by atoms with E-state index in [1.54, 1.807) is 0 Å². The summed E-state index contributed by atoms with van der Waals surface area (Å²) < 4.78 is 0. The standard InChI is InChI=1S/C19H21N3O5/c1-10-11-5-2-3-6-13(11)21-16(10)18(25)22-8-4-7-14(22)17(24)12(9-23)15(20)19(26)27/h2-3,5-6,9,12,14-15,21H,4,7-8,20H2,1H3,(H,26,27)/t12-,14+,15?/m1/s1. The molecule has 0 aliphatic carbocycles. The largest absolute Gasteiger partial charge is 0.480 e. The van der Waals surface area contributed by atoms with Crippen molar-refractivity contribution in [1.82, 2.24) is 9.88 Å². The van der Waals surface area contributed by atoms with Gasteiger partial charge in [0.2, 0.25) is 0 Å². The van der Waals surface area contributed by atoms with Crippen LogP contribution in [0.4, 0.5) is 0 Å². The number of hydrogen-bond acceptors (Lipinski definition) is 5. The number of H-pyrrole nitrogens is 1. The van der Waals surface area contributed by atoms with Gasteiger partial charge in [-0.25, -0.2) is 0 Å². The normalized spacial score (nSPS) is 19.0. The second-order valence-corrected chi connectivity index (χ2v) is 6.76. The highest BCUT2D eigenvalue weighted by Crippen LogP contribution is 2.27. The molecule has 0 radical (unpaired) electrons. The lowest BCUT2D eigenvalue weighted by molar-refractivity contribution is -0.145. The number of likely N-dealkylation sites (tertiary alicyclic amines) is 1. The maximum Gasteiger partial charge on any atom is 0.321 e. The van der Waals surface area contributed by atoms with Crippen molar-refractivity contribution in [3.63, 3.8) is 0 Å². The number of aromatic amines is 1. The van der Waals surface area contributed by atoms with Gasteiger partial charge in [-0.1, -0.05) is 18.2 Å². The fourth-order valence-electron chi connectivity index (χ4n) is 3.65.